The Morgan fingerprint density at radius 2 is 1.82 bits per heavy atom. The minimum Gasteiger partial charge on any atom is -0.392 e. The van der Waals surface area contributed by atoms with Crippen molar-refractivity contribution in [3.8, 4) is 0 Å². The number of carbonyl (C=O) groups excluding carboxylic acids is 2. The van der Waals surface area contributed by atoms with E-state index in [1.54, 1.807) is 0 Å². The zero-order valence-corrected chi connectivity index (χ0v) is 16.5. The number of carbonyl (C=O) groups is 2. The molecule has 0 radical (unpaired) electrons. The molecular formula is C23H28N2O3. The number of rotatable bonds is 6. The second kappa shape index (κ2) is 9.02. The van der Waals surface area contributed by atoms with E-state index >= 15 is 0 Å². The fourth-order valence-corrected chi connectivity index (χ4v) is 3.99. The Hall–Kier alpha value is -2.66. The van der Waals surface area contributed by atoms with Crippen LogP contribution in [0.3, 0.4) is 0 Å². The Labute approximate surface area is 166 Å². The summed E-state index contributed by atoms with van der Waals surface area (Å²) >= 11 is 0. The third-order valence-corrected chi connectivity index (χ3v) is 5.56. The Kier molecular flexibility index (Phi) is 6.47. The second-order valence-electron chi connectivity index (χ2n) is 7.32. The summed E-state index contributed by atoms with van der Waals surface area (Å²) in [6.07, 6.45) is 0.961. The van der Waals surface area contributed by atoms with Crippen LogP contribution in [0, 0.1) is 12.8 Å². The molecule has 0 unspecified atom stereocenters. The molecule has 0 spiro atoms. The monoisotopic (exact) mass is 380 g/mol. The van der Waals surface area contributed by atoms with E-state index < -0.39 is 0 Å². The van der Waals surface area contributed by atoms with Crippen molar-refractivity contribution in [1.29, 1.82) is 0 Å². The minimum atomic E-state index is -0.268. The average Bonchev–Trinajstić information content (AvgIpc) is 2.72. The van der Waals surface area contributed by atoms with Gasteiger partial charge in [0.1, 0.15) is 0 Å². The van der Waals surface area contributed by atoms with Crippen molar-refractivity contribution in [2.75, 3.05) is 6.54 Å². The Morgan fingerprint density at radius 1 is 1.14 bits per heavy atom. The molecule has 28 heavy (non-hydrogen) atoms. The van der Waals surface area contributed by atoms with Gasteiger partial charge in [0.2, 0.25) is 11.8 Å². The summed E-state index contributed by atoms with van der Waals surface area (Å²) in [7, 11) is 0. The van der Waals surface area contributed by atoms with E-state index in [0.29, 0.717) is 25.9 Å². The average molecular weight is 380 g/mol. The van der Waals surface area contributed by atoms with Crippen LogP contribution in [0.25, 0.3) is 0 Å². The first-order valence-electron chi connectivity index (χ1n) is 9.86. The summed E-state index contributed by atoms with van der Waals surface area (Å²) in [6.45, 7) is 5.02. The predicted molar refractivity (Wildman–Crippen MR) is 108 cm³/mol. The molecule has 148 valence electrons. The van der Waals surface area contributed by atoms with E-state index in [2.05, 4.69) is 5.32 Å². The normalized spacial score (nSPS) is 19.5. The third kappa shape index (κ3) is 4.25. The summed E-state index contributed by atoms with van der Waals surface area (Å²) < 4.78 is 0. The van der Waals surface area contributed by atoms with Crippen LogP contribution in [-0.4, -0.2) is 28.4 Å². The van der Waals surface area contributed by atoms with Crippen molar-refractivity contribution in [2.24, 2.45) is 5.92 Å². The maximum Gasteiger partial charge on any atom is 0.225 e. The van der Waals surface area contributed by atoms with Crippen molar-refractivity contribution in [2.45, 2.75) is 45.9 Å². The number of piperidine rings is 1. The lowest BCUT2D eigenvalue weighted by atomic mass is 9.82. The van der Waals surface area contributed by atoms with Crippen LogP contribution in [0.1, 0.15) is 48.1 Å². The number of hydrogen-bond acceptors (Lipinski definition) is 3. The van der Waals surface area contributed by atoms with Crippen molar-refractivity contribution >= 4 is 11.8 Å². The van der Waals surface area contributed by atoms with Gasteiger partial charge in [-0.2, -0.15) is 0 Å². The Morgan fingerprint density at radius 3 is 2.46 bits per heavy atom. The minimum absolute atomic E-state index is 0.00764. The van der Waals surface area contributed by atoms with Crippen LogP contribution >= 0.6 is 0 Å². The molecule has 5 heteroatoms. The first-order chi connectivity index (χ1) is 13.5. The van der Waals surface area contributed by atoms with Gasteiger partial charge in [0.25, 0.3) is 0 Å². The topological polar surface area (TPSA) is 69.6 Å². The molecule has 1 aliphatic heterocycles. The molecular weight excluding hydrogens is 352 g/mol. The first kappa shape index (κ1) is 20.1. The Bertz CT molecular complexity index is 832. The van der Waals surface area contributed by atoms with E-state index in [-0.39, 0.29) is 30.4 Å². The zero-order valence-electron chi connectivity index (χ0n) is 16.5. The number of amides is 2. The van der Waals surface area contributed by atoms with Gasteiger partial charge in [0.15, 0.2) is 0 Å². The van der Waals surface area contributed by atoms with Crippen molar-refractivity contribution in [3.05, 3.63) is 70.8 Å². The number of aliphatic hydroxyl groups is 1. The van der Waals surface area contributed by atoms with Crippen molar-refractivity contribution in [1.82, 2.24) is 10.2 Å². The molecule has 0 aliphatic carbocycles. The van der Waals surface area contributed by atoms with Gasteiger partial charge in [0.05, 0.1) is 18.6 Å². The summed E-state index contributed by atoms with van der Waals surface area (Å²) in [5.74, 6) is -0.180. The lowest BCUT2D eigenvalue weighted by molar-refractivity contribution is -0.143. The standard InChI is InChI=1S/C23H28N2O3/c1-3-25-21(27)13-12-20(22(25)19-7-5-4-6-16(19)2)23(28)24-14-17-8-10-18(15-26)11-9-17/h4-11,20,22,26H,3,12-15H2,1-2H3,(H,24,28)/t20-,22+/m1/s1. The summed E-state index contributed by atoms with van der Waals surface area (Å²) in [4.78, 5) is 27.4. The zero-order chi connectivity index (χ0) is 20.1. The highest BCUT2D eigenvalue weighted by Gasteiger charge is 2.40. The molecule has 5 nitrogen and oxygen atoms in total. The molecule has 3 rings (SSSR count). The molecule has 1 heterocycles. The maximum absolute atomic E-state index is 13.1. The van der Waals surface area contributed by atoms with Gasteiger partial charge in [-0.25, -0.2) is 0 Å². The number of hydrogen-bond donors (Lipinski definition) is 2. The highest BCUT2D eigenvalue weighted by Crippen LogP contribution is 2.38. The molecule has 0 saturated carbocycles. The number of aliphatic hydroxyl groups excluding tert-OH is 1. The molecule has 2 atom stereocenters. The van der Waals surface area contributed by atoms with E-state index in [9.17, 15) is 9.59 Å². The van der Waals surface area contributed by atoms with Gasteiger partial charge < -0.3 is 15.3 Å². The smallest absolute Gasteiger partial charge is 0.225 e. The summed E-state index contributed by atoms with van der Waals surface area (Å²) in [6, 6.07) is 15.3. The van der Waals surface area contributed by atoms with Gasteiger partial charge in [-0.3, -0.25) is 9.59 Å². The second-order valence-corrected chi connectivity index (χ2v) is 7.32. The molecule has 1 saturated heterocycles. The predicted octanol–water partition coefficient (Wildman–Crippen LogP) is 3.10. The lowest BCUT2D eigenvalue weighted by Crippen LogP contribution is -2.48. The van der Waals surface area contributed by atoms with E-state index in [0.717, 1.165) is 22.3 Å². The molecule has 1 aliphatic rings. The maximum atomic E-state index is 13.1. The van der Waals surface area contributed by atoms with Crippen molar-refractivity contribution < 1.29 is 14.7 Å². The number of aryl methyl sites for hydroxylation is 1. The van der Waals surface area contributed by atoms with E-state index in [1.807, 2.05) is 67.3 Å². The van der Waals surface area contributed by atoms with Crippen LogP contribution in [0.5, 0.6) is 0 Å². The van der Waals surface area contributed by atoms with Crippen LogP contribution in [-0.2, 0) is 22.7 Å². The van der Waals surface area contributed by atoms with Gasteiger partial charge >= 0.3 is 0 Å². The molecule has 1 fully saturated rings. The van der Waals surface area contributed by atoms with Crippen LogP contribution in [0.4, 0.5) is 0 Å². The Balaban J connectivity index is 1.79. The van der Waals surface area contributed by atoms with Crippen LogP contribution in [0.2, 0.25) is 0 Å². The third-order valence-electron chi connectivity index (χ3n) is 5.56. The largest absolute Gasteiger partial charge is 0.392 e. The van der Waals surface area contributed by atoms with E-state index in [4.69, 9.17) is 5.11 Å². The van der Waals surface area contributed by atoms with Gasteiger partial charge in [0, 0.05) is 19.5 Å². The molecule has 2 amide bonds. The lowest BCUT2D eigenvalue weighted by Gasteiger charge is -2.41. The number of nitrogens with zero attached hydrogens (tertiary/aromatic N) is 1. The van der Waals surface area contributed by atoms with Crippen LogP contribution in [0.15, 0.2) is 48.5 Å². The molecule has 0 aromatic heterocycles. The van der Waals surface area contributed by atoms with Gasteiger partial charge in [-0.1, -0.05) is 48.5 Å². The van der Waals surface area contributed by atoms with Crippen molar-refractivity contribution in [3.63, 3.8) is 0 Å². The summed E-state index contributed by atoms with van der Waals surface area (Å²) in [5, 5.41) is 12.2. The molecule has 2 aromatic carbocycles. The SMILES string of the molecule is CCN1C(=O)CC[C@@H](C(=O)NCc2ccc(CO)cc2)[C@@H]1c1ccccc1C. The van der Waals surface area contributed by atoms with E-state index in [1.165, 1.54) is 0 Å². The molecule has 0 bridgehead atoms. The van der Waals surface area contributed by atoms with Gasteiger partial charge in [-0.15, -0.1) is 0 Å². The number of nitrogens with one attached hydrogen (secondary N) is 1. The fraction of sp³-hybridized carbons (Fsp3) is 0.391. The highest BCUT2D eigenvalue weighted by molar-refractivity contribution is 5.85. The number of benzene rings is 2. The summed E-state index contributed by atoms with van der Waals surface area (Å²) in [5.41, 5.74) is 3.97. The fourth-order valence-electron chi connectivity index (χ4n) is 3.99. The highest BCUT2D eigenvalue weighted by atomic mass is 16.3. The molecule has 2 aromatic rings. The van der Waals surface area contributed by atoms with Crippen LogP contribution < -0.4 is 5.32 Å². The van der Waals surface area contributed by atoms with Gasteiger partial charge in [-0.05, 0) is 42.5 Å². The quantitative estimate of drug-likeness (QED) is 0.809. The first-order valence-corrected chi connectivity index (χ1v) is 9.86. The molecule has 2 N–H and O–H groups in total. The number of likely N-dealkylation sites (tertiary alicyclic amines) is 1.